The van der Waals surface area contributed by atoms with Gasteiger partial charge in [0.15, 0.2) is 0 Å². The van der Waals surface area contributed by atoms with Gasteiger partial charge in [0, 0.05) is 55.3 Å². The Bertz CT molecular complexity index is 1490. The summed E-state index contributed by atoms with van der Waals surface area (Å²) in [5.74, 6) is -0.179. The van der Waals surface area contributed by atoms with Gasteiger partial charge in [0.05, 0.1) is 41.3 Å². The van der Waals surface area contributed by atoms with E-state index in [2.05, 4.69) is 71.2 Å². The maximum absolute atomic E-state index is 11.0. The van der Waals surface area contributed by atoms with Gasteiger partial charge in [-0.2, -0.15) is 34.2 Å². The number of anilines is 8. The molecular weight excluding hydrogens is 670 g/mol. The van der Waals surface area contributed by atoms with Crippen LogP contribution in [0.1, 0.15) is 0 Å². The van der Waals surface area contributed by atoms with Crippen LogP contribution in [0.15, 0.2) is 24.3 Å². The molecule has 0 aliphatic rings. The van der Waals surface area contributed by atoms with E-state index in [9.17, 15) is 28.4 Å². The molecule has 0 bridgehead atoms. The molecule has 3 aromatic rings. The quantitative estimate of drug-likeness (QED) is 0.0116. The molecule has 3 rings (SSSR count). The number of hydrogen-bond donors (Lipinski definition) is 10. The first-order valence-electron chi connectivity index (χ1n) is 13.3. The van der Waals surface area contributed by atoms with Gasteiger partial charge in [0.2, 0.25) is 35.7 Å². The van der Waals surface area contributed by atoms with Crippen LogP contribution in [0.4, 0.5) is 47.1 Å². The molecule has 0 fully saturated rings. The van der Waals surface area contributed by atoms with Gasteiger partial charge >= 0.3 is 37.7 Å². The largest absolute Gasteiger partial charge is 1.00 e. The third-order valence-electron chi connectivity index (χ3n) is 5.24. The van der Waals surface area contributed by atoms with Crippen LogP contribution < -0.4 is 74.9 Å². The SMILES string of the molecule is O=S(=O)([O-])CCNc1nc(NCC(O)CO)nc(Nc2cccc(Nc3nc(NCCSOO[O-])nc(NCC(O)CO)n3)c2)n1.[Li+].[Li+]. The van der Waals surface area contributed by atoms with Gasteiger partial charge in [0.1, 0.15) is 0 Å². The first-order valence-corrected chi connectivity index (χ1v) is 15.8. The minimum absolute atomic E-state index is 0. The van der Waals surface area contributed by atoms with Crippen molar-refractivity contribution >= 4 is 69.2 Å². The standard InChI is InChI=1S/C22H34N12O10S2.2Li/c35-11-15(37)9-25-19-29-17(23-4-6-45-44-43-39)31-21(33-19)27-13-2-1-3-14(8-13)28-22-32-18(24-5-7-46(40,41)42)30-20(34-22)26-10-16(38)12-36;;/h1-3,8,15-16,35-39H,4-7,9-12H2,(H,40,41,42)(H3,23,25,27,29,31,33)(H3,24,26,28,30,32,34);;/q;2*+1/p-2. The molecule has 2 heterocycles. The summed E-state index contributed by atoms with van der Waals surface area (Å²) in [5, 5.41) is 67.9. The van der Waals surface area contributed by atoms with Gasteiger partial charge in [-0.1, -0.05) is 6.07 Å². The predicted octanol–water partition coefficient (Wildman–Crippen LogP) is -8.68. The van der Waals surface area contributed by atoms with Crippen LogP contribution in [0.25, 0.3) is 0 Å². The molecule has 0 saturated carbocycles. The number of aliphatic hydroxyl groups excluding tert-OH is 4. The van der Waals surface area contributed by atoms with Crippen molar-refractivity contribution in [1.82, 2.24) is 29.9 Å². The summed E-state index contributed by atoms with van der Waals surface area (Å²) in [5.41, 5.74) is 0.970. The summed E-state index contributed by atoms with van der Waals surface area (Å²) in [6.07, 6.45) is -2.17. The maximum atomic E-state index is 11.0. The number of benzene rings is 1. The number of hydrogen-bond acceptors (Lipinski definition) is 23. The van der Waals surface area contributed by atoms with E-state index >= 15 is 0 Å². The second-order valence-corrected chi connectivity index (χ2v) is 11.3. The Kier molecular flexibility index (Phi) is 20.5. The number of aliphatic hydroxyl groups is 4. The van der Waals surface area contributed by atoms with Crippen LogP contribution >= 0.6 is 12.0 Å². The summed E-state index contributed by atoms with van der Waals surface area (Å²) in [7, 11) is -4.49. The van der Waals surface area contributed by atoms with Crippen molar-refractivity contribution in [3.8, 4) is 0 Å². The van der Waals surface area contributed by atoms with Crippen molar-refractivity contribution in [3.05, 3.63) is 24.3 Å². The first-order chi connectivity index (χ1) is 22.1. The van der Waals surface area contributed by atoms with E-state index in [1.165, 1.54) is 0 Å². The Labute approximate surface area is 302 Å². The topological polar surface area (TPSA) is 329 Å². The molecular formula is C22H32Li2N12O10S2. The monoisotopic (exact) mass is 702 g/mol. The molecule has 254 valence electrons. The molecule has 0 spiro atoms. The molecule has 0 aliphatic carbocycles. The number of nitrogens with zero attached hydrogens (tertiary/aromatic N) is 6. The average Bonchev–Trinajstić information content (AvgIpc) is 3.01. The van der Waals surface area contributed by atoms with E-state index in [0.717, 1.165) is 12.0 Å². The molecule has 1 aromatic carbocycles. The summed E-state index contributed by atoms with van der Waals surface area (Å²) in [6, 6.07) is 6.73. The van der Waals surface area contributed by atoms with Crippen LogP contribution in [0.5, 0.6) is 0 Å². The molecule has 10 N–H and O–H groups in total. The number of aromatic nitrogens is 6. The normalized spacial score (nSPS) is 12.1. The molecule has 2 atom stereocenters. The number of rotatable bonds is 22. The molecule has 48 heavy (non-hydrogen) atoms. The summed E-state index contributed by atoms with van der Waals surface area (Å²) >= 11 is 0.767. The fourth-order valence-corrected chi connectivity index (χ4v) is 3.85. The fraction of sp³-hybridized carbons (Fsp3) is 0.455. The van der Waals surface area contributed by atoms with Crippen LogP contribution in [0, 0.1) is 0 Å². The van der Waals surface area contributed by atoms with E-state index in [-0.39, 0.29) is 99.6 Å². The smallest absolute Gasteiger partial charge is 0.748 e. The third kappa shape index (κ3) is 17.0. The van der Waals surface area contributed by atoms with Gasteiger partial charge in [-0.3, -0.25) is 5.04 Å². The Balaban J connectivity index is 0.00000576. The Morgan fingerprint density at radius 3 is 1.62 bits per heavy atom. The molecule has 0 radical (unpaired) electrons. The minimum atomic E-state index is -4.49. The van der Waals surface area contributed by atoms with Gasteiger partial charge in [-0.15, -0.1) is 0 Å². The Hall–Kier alpha value is -2.79. The number of nitrogens with one attached hydrogen (secondary N) is 6. The molecule has 22 nitrogen and oxygen atoms in total. The molecule has 26 heteroatoms. The Morgan fingerprint density at radius 1 is 0.750 bits per heavy atom. The zero-order valence-electron chi connectivity index (χ0n) is 25.9. The van der Waals surface area contributed by atoms with Crippen LogP contribution in [0.2, 0.25) is 0 Å². The van der Waals surface area contributed by atoms with Crippen LogP contribution in [-0.4, -0.2) is 126 Å². The maximum Gasteiger partial charge on any atom is 1.00 e. The molecule has 0 saturated heterocycles. The van der Waals surface area contributed by atoms with Crippen molar-refractivity contribution in [1.29, 1.82) is 0 Å². The Morgan fingerprint density at radius 2 is 1.19 bits per heavy atom. The van der Waals surface area contributed by atoms with E-state index < -0.39 is 41.3 Å². The molecule has 0 amide bonds. The molecule has 2 aromatic heterocycles. The first kappa shape index (κ1) is 43.2. The van der Waals surface area contributed by atoms with Crippen molar-refractivity contribution < 1.29 is 85.7 Å². The minimum Gasteiger partial charge on any atom is -0.748 e. The zero-order valence-corrected chi connectivity index (χ0v) is 27.5. The van der Waals surface area contributed by atoms with E-state index in [1.807, 2.05) is 0 Å². The van der Waals surface area contributed by atoms with Crippen LogP contribution in [0.3, 0.4) is 0 Å². The van der Waals surface area contributed by atoms with Gasteiger partial charge in [0.25, 0.3) is 0 Å². The van der Waals surface area contributed by atoms with Crippen LogP contribution in [-0.2, 0) is 19.5 Å². The fourth-order valence-electron chi connectivity index (χ4n) is 3.21. The van der Waals surface area contributed by atoms with E-state index in [1.54, 1.807) is 24.3 Å². The van der Waals surface area contributed by atoms with E-state index in [0.29, 0.717) is 17.1 Å². The van der Waals surface area contributed by atoms with Crippen molar-refractivity contribution in [2.45, 2.75) is 12.2 Å². The molecule has 2 unspecified atom stereocenters. The van der Waals surface area contributed by atoms with Gasteiger partial charge in [-0.05, 0) is 18.2 Å². The average molecular weight is 703 g/mol. The van der Waals surface area contributed by atoms with Crippen molar-refractivity contribution in [3.63, 3.8) is 0 Å². The second kappa shape index (κ2) is 22.8. The molecule has 0 aliphatic heterocycles. The summed E-state index contributed by atoms with van der Waals surface area (Å²) < 4.78 is 37.1. The summed E-state index contributed by atoms with van der Waals surface area (Å²) in [6.45, 7) is -1.13. The van der Waals surface area contributed by atoms with Crippen molar-refractivity contribution in [2.75, 3.05) is 82.8 Å². The third-order valence-corrected chi connectivity index (χ3v) is 6.47. The second-order valence-electron chi connectivity index (χ2n) is 8.95. The summed E-state index contributed by atoms with van der Waals surface area (Å²) in [4.78, 5) is 25.3. The van der Waals surface area contributed by atoms with Gasteiger partial charge in [-0.25, -0.2) is 8.42 Å². The van der Waals surface area contributed by atoms with E-state index in [4.69, 9.17) is 10.2 Å². The van der Waals surface area contributed by atoms with Gasteiger partial charge < -0.3 is 62.1 Å². The van der Waals surface area contributed by atoms with Crippen molar-refractivity contribution in [2.24, 2.45) is 0 Å². The zero-order chi connectivity index (χ0) is 33.4. The predicted molar refractivity (Wildman–Crippen MR) is 162 cm³/mol.